The highest BCUT2D eigenvalue weighted by Gasteiger charge is 2.14. The molecule has 0 aromatic heterocycles. The van der Waals surface area contributed by atoms with Crippen LogP contribution in [0.1, 0.15) is 38.8 Å². The summed E-state index contributed by atoms with van der Waals surface area (Å²) in [7, 11) is 0. The van der Waals surface area contributed by atoms with E-state index in [4.69, 9.17) is 9.84 Å². The quantitative estimate of drug-likeness (QED) is 0.725. The molecule has 22 heavy (non-hydrogen) atoms. The van der Waals surface area contributed by atoms with Crippen molar-refractivity contribution in [2.75, 3.05) is 11.9 Å². The second-order valence-corrected chi connectivity index (χ2v) is 6.00. The zero-order valence-electron chi connectivity index (χ0n) is 14.1. The van der Waals surface area contributed by atoms with Gasteiger partial charge in [0.25, 0.3) is 0 Å². The summed E-state index contributed by atoms with van der Waals surface area (Å²) in [6.07, 6.45) is 0.167. The van der Waals surface area contributed by atoms with Crippen molar-refractivity contribution in [2.45, 2.75) is 53.4 Å². The molecule has 0 aliphatic heterocycles. The van der Waals surface area contributed by atoms with Crippen LogP contribution in [-0.2, 0) is 11.3 Å². The van der Waals surface area contributed by atoms with Crippen LogP contribution >= 0.6 is 0 Å². The fourth-order valence-corrected chi connectivity index (χ4v) is 1.90. The van der Waals surface area contributed by atoms with E-state index in [1.165, 1.54) is 0 Å². The number of benzene rings is 1. The highest BCUT2D eigenvalue weighted by atomic mass is 16.5. The van der Waals surface area contributed by atoms with E-state index in [9.17, 15) is 4.79 Å². The largest absolute Gasteiger partial charge is 0.396 e. The first-order valence-corrected chi connectivity index (χ1v) is 7.73. The van der Waals surface area contributed by atoms with E-state index < -0.39 is 0 Å². The van der Waals surface area contributed by atoms with Gasteiger partial charge in [-0.05, 0) is 50.8 Å². The number of aliphatic hydroxyl groups excluding tert-OH is 1. The summed E-state index contributed by atoms with van der Waals surface area (Å²) in [6, 6.07) is 5.41. The van der Waals surface area contributed by atoms with Crippen LogP contribution in [0.25, 0.3) is 0 Å². The number of nitrogens with one attached hydrogen (secondary N) is 2. The number of aliphatic hydroxyl groups is 1. The van der Waals surface area contributed by atoms with Gasteiger partial charge in [0, 0.05) is 18.3 Å². The van der Waals surface area contributed by atoms with E-state index in [0.717, 1.165) is 16.8 Å². The van der Waals surface area contributed by atoms with E-state index in [1.54, 1.807) is 0 Å². The van der Waals surface area contributed by atoms with E-state index in [2.05, 4.69) is 10.6 Å². The highest BCUT2D eigenvalue weighted by molar-refractivity contribution is 5.90. The molecule has 3 N–H and O–H groups in total. The summed E-state index contributed by atoms with van der Waals surface area (Å²) in [5, 5.41) is 14.8. The van der Waals surface area contributed by atoms with E-state index in [0.29, 0.717) is 6.61 Å². The van der Waals surface area contributed by atoms with Crippen LogP contribution in [0.15, 0.2) is 18.2 Å². The molecule has 1 rings (SSSR count). The Morgan fingerprint density at radius 3 is 2.55 bits per heavy atom. The highest BCUT2D eigenvalue weighted by Crippen LogP contribution is 2.20. The van der Waals surface area contributed by atoms with Crippen molar-refractivity contribution >= 4 is 11.7 Å². The van der Waals surface area contributed by atoms with E-state index in [1.807, 2.05) is 52.8 Å². The lowest BCUT2D eigenvalue weighted by Crippen LogP contribution is -2.40. The van der Waals surface area contributed by atoms with Gasteiger partial charge in [-0.15, -0.1) is 0 Å². The zero-order chi connectivity index (χ0) is 16.7. The first-order valence-electron chi connectivity index (χ1n) is 7.73. The van der Waals surface area contributed by atoms with Gasteiger partial charge in [-0.2, -0.15) is 0 Å². The van der Waals surface area contributed by atoms with Crippen LogP contribution in [0, 0.1) is 12.8 Å². The maximum Gasteiger partial charge on any atom is 0.319 e. The number of hydrogen-bond donors (Lipinski definition) is 3. The number of carbonyl (C=O) groups excluding carboxylic acids is 1. The van der Waals surface area contributed by atoms with Gasteiger partial charge in [-0.3, -0.25) is 0 Å². The third-order valence-electron chi connectivity index (χ3n) is 3.77. The predicted molar refractivity (Wildman–Crippen MR) is 89.0 cm³/mol. The van der Waals surface area contributed by atoms with Gasteiger partial charge in [-0.25, -0.2) is 4.79 Å². The van der Waals surface area contributed by atoms with Gasteiger partial charge in [-0.1, -0.05) is 19.1 Å². The van der Waals surface area contributed by atoms with Crippen molar-refractivity contribution in [3.8, 4) is 0 Å². The van der Waals surface area contributed by atoms with Crippen LogP contribution in [0.5, 0.6) is 0 Å². The molecule has 0 spiro atoms. The van der Waals surface area contributed by atoms with Crippen LogP contribution < -0.4 is 10.6 Å². The molecule has 0 aliphatic rings. The monoisotopic (exact) mass is 308 g/mol. The van der Waals surface area contributed by atoms with Crippen molar-refractivity contribution in [3.63, 3.8) is 0 Å². The zero-order valence-corrected chi connectivity index (χ0v) is 14.1. The molecule has 0 saturated heterocycles. The summed E-state index contributed by atoms with van der Waals surface area (Å²) < 4.78 is 5.62. The Morgan fingerprint density at radius 2 is 1.95 bits per heavy atom. The molecule has 2 amide bonds. The molecular weight excluding hydrogens is 280 g/mol. The summed E-state index contributed by atoms with van der Waals surface area (Å²) in [5.41, 5.74) is 2.83. The molecule has 0 aliphatic carbocycles. The molecule has 0 bridgehead atoms. The number of rotatable bonds is 7. The Labute approximate surface area is 133 Å². The molecule has 124 valence electrons. The average Bonchev–Trinajstić information content (AvgIpc) is 2.46. The van der Waals surface area contributed by atoms with Gasteiger partial charge >= 0.3 is 6.03 Å². The third kappa shape index (κ3) is 5.66. The van der Waals surface area contributed by atoms with Crippen LogP contribution in [0.4, 0.5) is 10.5 Å². The second-order valence-electron chi connectivity index (χ2n) is 6.00. The smallest absolute Gasteiger partial charge is 0.319 e. The minimum atomic E-state index is -0.266. The average molecular weight is 308 g/mol. The van der Waals surface area contributed by atoms with Gasteiger partial charge < -0.3 is 20.5 Å². The lowest BCUT2D eigenvalue weighted by atomic mass is 10.1. The van der Waals surface area contributed by atoms with Crippen LogP contribution in [0.3, 0.4) is 0 Å². The molecule has 5 heteroatoms. The van der Waals surface area contributed by atoms with Gasteiger partial charge in [0.1, 0.15) is 0 Å². The summed E-state index contributed by atoms with van der Waals surface area (Å²) in [4.78, 5) is 12.0. The normalized spacial score (nSPS) is 13.8. The number of amides is 2. The minimum absolute atomic E-state index is 0.0117. The minimum Gasteiger partial charge on any atom is -0.396 e. The Hall–Kier alpha value is -1.59. The molecule has 0 saturated carbocycles. The maximum atomic E-state index is 12.0. The Balaban J connectivity index is 2.69. The van der Waals surface area contributed by atoms with Gasteiger partial charge in [0.05, 0.1) is 12.7 Å². The molecule has 0 heterocycles. The summed E-state index contributed by atoms with van der Waals surface area (Å²) >= 11 is 0. The number of carbonyl (C=O) groups is 1. The second kappa shape index (κ2) is 8.76. The number of anilines is 1. The predicted octanol–water partition coefficient (Wildman–Crippen LogP) is 3.06. The van der Waals surface area contributed by atoms with Gasteiger partial charge in [0.2, 0.25) is 0 Å². The standard InChI is InChI=1S/C17H28N2O3/c1-11(2)22-10-15-7-6-8-16(13(15)4)19-17(21)18-14(5)12(3)9-20/h6-8,11-12,14,20H,9-10H2,1-5H3,(H2,18,19,21)/t12-,14-/m0/s1. The van der Waals surface area contributed by atoms with Crippen LogP contribution in [-0.4, -0.2) is 29.9 Å². The molecule has 0 fully saturated rings. The fraction of sp³-hybridized carbons (Fsp3) is 0.588. The van der Waals surface area contributed by atoms with Crippen molar-refractivity contribution in [1.29, 1.82) is 0 Å². The van der Waals surface area contributed by atoms with Crippen molar-refractivity contribution in [3.05, 3.63) is 29.3 Å². The molecule has 0 radical (unpaired) electrons. The first kappa shape index (κ1) is 18.5. The number of ether oxygens (including phenoxy) is 1. The van der Waals surface area contributed by atoms with Crippen LogP contribution in [0.2, 0.25) is 0 Å². The summed E-state index contributed by atoms with van der Waals surface area (Å²) in [5.74, 6) is 0.0117. The van der Waals surface area contributed by atoms with E-state index >= 15 is 0 Å². The number of hydrogen-bond acceptors (Lipinski definition) is 3. The Morgan fingerprint density at radius 1 is 1.27 bits per heavy atom. The number of urea groups is 1. The van der Waals surface area contributed by atoms with Gasteiger partial charge in [0.15, 0.2) is 0 Å². The topological polar surface area (TPSA) is 70.6 Å². The fourth-order valence-electron chi connectivity index (χ4n) is 1.90. The lowest BCUT2D eigenvalue weighted by Gasteiger charge is -2.20. The van der Waals surface area contributed by atoms with Crippen molar-refractivity contribution in [1.82, 2.24) is 5.32 Å². The molecule has 1 aromatic rings. The summed E-state index contributed by atoms with van der Waals surface area (Å²) in [6.45, 7) is 10.3. The van der Waals surface area contributed by atoms with Crippen molar-refractivity contribution in [2.24, 2.45) is 5.92 Å². The molecule has 0 unspecified atom stereocenters. The van der Waals surface area contributed by atoms with Crippen molar-refractivity contribution < 1.29 is 14.6 Å². The molecule has 1 aromatic carbocycles. The maximum absolute atomic E-state index is 12.0. The SMILES string of the molecule is Cc1c(COC(C)C)cccc1NC(=O)N[C@@H](C)[C@@H](C)CO. The molecule has 2 atom stereocenters. The molecular formula is C17H28N2O3. The lowest BCUT2D eigenvalue weighted by molar-refractivity contribution is 0.0654. The first-order chi connectivity index (χ1) is 10.3. The van der Waals surface area contributed by atoms with E-state index in [-0.39, 0.29) is 30.7 Å². The Kier molecular flexibility index (Phi) is 7.35. The third-order valence-corrected chi connectivity index (χ3v) is 3.77. The molecule has 5 nitrogen and oxygen atoms in total. The Bertz CT molecular complexity index is 489.